The second-order valence-corrected chi connectivity index (χ2v) is 7.21. The number of aromatic nitrogens is 2. The number of benzene rings is 1. The number of nitrogens with zero attached hydrogens (tertiary/aromatic N) is 4. The molecular formula is C21H21N5O4. The molecular weight excluding hydrogens is 386 g/mol. The van der Waals surface area contributed by atoms with Crippen LogP contribution in [-0.4, -0.2) is 44.8 Å². The summed E-state index contributed by atoms with van der Waals surface area (Å²) in [6.45, 7) is 3.11. The van der Waals surface area contributed by atoms with Crippen LogP contribution in [0.15, 0.2) is 53.1 Å². The van der Waals surface area contributed by atoms with Crippen molar-refractivity contribution in [3.05, 3.63) is 70.3 Å². The average Bonchev–Trinajstić information content (AvgIpc) is 3.28. The van der Waals surface area contributed by atoms with Gasteiger partial charge in [-0.1, -0.05) is 12.1 Å². The van der Waals surface area contributed by atoms with Crippen LogP contribution in [0.25, 0.3) is 11.4 Å². The number of hydrogen-bond acceptors (Lipinski definition) is 7. The first kappa shape index (κ1) is 19.6. The van der Waals surface area contributed by atoms with Crippen molar-refractivity contribution in [2.75, 3.05) is 18.4 Å². The molecule has 0 unspecified atom stereocenters. The summed E-state index contributed by atoms with van der Waals surface area (Å²) in [7, 11) is 0. The molecule has 1 aromatic carbocycles. The average molecular weight is 407 g/mol. The van der Waals surface area contributed by atoms with Crippen LogP contribution >= 0.6 is 0 Å². The van der Waals surface area contributed by atoms with Crippen molar-refractivity contribution in [2.45, 2.75) is 25.8 Å². The molecule has 2 aromatic heterocycles. The number of hydrogen-bond donors (Lipinski definition) is 1. The summed E-state index contributed by atoms with van der Waals surface area (Å²) in [5, 5.41) is 14.5. The van der Waals surface area contributed by atoms with Crippen molar-refractivity contribution in [2.24, 2.45) is 0 Å². The van der Waals surface area contributed by atoms with E-state index >= 15 is 0 Å². The third-order valence-electron chi connectivity index (χ3n) is 5.04. The van der Waals surface area contributed by atoms with Crippen molar-refractivity contribution in [3.8, 4) is 11.4 Å². The van der Waals surface area contributed by atoms with Gasteiger partial charge in [0.05, 0.1) is 11.2 Å². The summed E-state index contributed by atoms with van der Waals surface area (Å²) in [4.78, 5) is 33.8. The van der Waals surface area contributed by atoms with E-state index in [4.69, 9.17) is 4.42 Å². The van der Waals surface area contributed by atoms with Gasteiger partial charge >= 0.3 is 0 Å². The van der Waals surface area contributed by atoms with Gasteiger partial charge in [-0.3, -0.25) is 14.9 Å². The number of carbonyl (C=O) groups excluding carboxylic acids is 1. The zero-order valence-electron chi connectivity index (χ0n) is 16.4. The largest absolute Gasteiger partial charge is 0.459 e. The lowest BCUT2D eigenvalue weighted by Gasteiger charge is -2.32. The van der Waals surface area contributed by atoms with E-state index in [1.54, 1.807) is 29.2 Å². The molecule has 3 heterocycles. The van der Waals surface area contributed by atoms with E-state index in [1.807, 2.05) is 13.0 Å². The Hall–Kier alpha value is -3.75. The predicted molar refractivity (Wildman–Crippen MR) is 110 cm³/mol. The normalized spacial score (nSPS) is 14.5. The zero-order chi connectivity index (χ0) is 21.1. The van der Waals surface area contributed by atoms with Crippen LogP contribution < -0.4 is 5.32 Å². The van der Waals surface area contributed by atoms with Gasteiger partial charge in [0.25, 0.3) is 11.6 Å². The minimum absolute atomic E-state index is 0.000659. The molecule has 0 atom stereocenters. The summed E-state index contributed by atoms with van der Waals surface area (Å²) in [6, 6.07) is 11.7. The van der Waals surface area contributed by atoms with Crippen LogP contribution in [-0.2, 0) is 0 Å². The van der Waals surface area contributed by atoms with E-state index in [2.05, 4.69) is 15.3 Å². The fourth-order valence-electron chi connectivity index (χ4n) is 3.52. The predicted octanol–water partition coefficient (Wildman–Crippen LogP) is 3.67. The first-order chi connectivity index (χ1) is 14.5. The third-order valence-corrected chi connectivity index (χ3v) is 5.04. The van der Waals surface area contributed by atoms with Crippen LogP contribution in [0.4, 0.5) is 11.5 Å². The standard InChI is InChI=1S/C21H21N5O4/c1-14-12-19(24-20(22-14)15-4-2-5-17(13-15)26(28)29)23-16-7-9-25(10-8-16)21(27)18-6-3-11-30-18/h2-6,11-13,16H,7-10H2,1H3,(H,22,23,24). The highest BCUT2D eigenvalue weighted by atomic mass is 16.6. The number of likely N-dealkylation sites (tertiary alicyclic amines) is 1. The molecule has 1 aliphatic rings. The lowest BCUT2D eigenvalue weighted by Crippen LogP contribution is -2.42. The molecule has 0 radical (unpaired) electrons. The maximum Gasteiger partial charge on any atom is 0.289 e. The molecule has 1 amide bonds. The van der Waals surface area contributed by atoms with Crippen LogP contribution in [0.3, 0.4) is 0 Å². The molecule has 0 spiro atoms. The quantitative estimate of drug-likeness (QED) is 0.507. The number of nitro benzene ring substituents is 1. The van der Waals surface area contributed by atoms with Gasteiger partial charge in [-0.2, -0.15) is 0 Å². The van der Waals surface area contributed by atoms with Gasteiger partial charge < -0.3 is 14.6 Å². The number of nitrogens with one attached hydrogen (secondary N) is 1. The maximum absolute atomic E-state index is 12.4. The maximum atomic E-state index is 12.4. The Morgan fingerprint density at radius 1 is 1.20 bits per heavy atom. The summed E-state index contributed by atoms with van der Waals surface area (Å²) >= 11 is 0. The third kappa shape index (κ3) is 4.29. The number of amides is 1. The summed E-state index contributed by atoms with van der Waals surface area (Å²) in [6.07, 6.45) is 3.06. The second kappa shape index (κ2) is 8.32. The van der Waals surface area contributed by atoms with Crippen molar-refractivity contribution in [3.63, 3.8) is 0 Å². The lowest BCUT2D eigenvalue weighted by molar-refractivity contribution is -0.384. The molecule has 0 bridgehead atoms. The monoisotopic (exact) mass is 407 g/mol. The number of aryl methyl sites for hydroxylation is 1. The smallest absolute Gasteiger partial charge is 0.289 e. The fraction of sp³-hybridized carbons (Fsp3) is 0.286. The number of furan rings is 1. The van der Waals surface area contributed by atoms with E-state index in [0.717, 1.165) is 18.5 Å². The van der Waals surface area contributed by atoms with E-state index in [1.165, 1.54) is 18.4 Å². The van der Waals surface area contributed by atoms with Gasteiger partial charge in [0.15, 0.2) is 11.6 Å². The van der Waals surface area contributed by atoms with Crippen LogP contribution in [0.2, 0.25) is 0 Å². The highest BCUT2D eigenvalue weighted by molar-refractivity contribution is 5.91. The van der Waals surface area contributed by atoms with Crippen molar-refractivity contribution in [1.29, 1.82) is 0 Å². The molecule has 0 saturated carbocycles. The van der Waals surface area contributed by atoms with Gasteiger partial charge in [0.2, 0.25) is 0 Å². The topological polar surface area (TPSA) is 114 Å². The van der Waals surface area contributed by atoms with E-state index in [0.29, 0.717) is 36.1 Å². The number of nitro groups is 1. The van der Waals surface area contributed by atoms with E-state index < -0.39 is 4.92 Å². The van der Waals surface area contributed by atoms with Gasteiger partial charge in [0.1, 0.15) is 5.82 Å². The molecule has 3 aromatic rings. The molecule has 1 aliphatic heterocycles. The van der Waals surface area contributed by atoms with Gasteiger partial charge in [-0.15, -0.1) is 0 Å². The molecule has 1 saturated heterocycles. The lowest BCUT2D eigenvalue weighted by atomic mass is 10.0. The Bertz CT molecular complexity index is 1060. The Labute approximate surface area is 172 Å². The zero-order valence-corrected chi connectivity index (χ0v) is 16.4. The summed E-state index contributed by atoms with van der Waals surface area (Å²) < 4.78 is 5.20. The van der Waals surface area contributed by atoms with E-state index in [9.17, 15) is 14.9 Å². The van der Waals surface area contributed by atoms with Gasteiger partial charge in [-0.25, -0.2) is 9.97 Å². The first-order valence-corrected chi connectivity index (χ1v) is 9.69. The van der Waals surface area contributed by atoms with Crippen molar-refractivity contribution < 1.29 is 14.1 Å². The van der Waals surface area contributed by atoms with Gasteiger partial charge in [-0.05, 0) is 31.9 Å². The van der Waals surface area contributed by atoms with Gasteiger partial charge in [0, 0.05) is 48.6 Å². The van der Waals surface area contributed by atoms with Crippen LogP contribution in [0, 0.1) is 17.0 Å². The summed E-state index contributed by atoms with van der Waals surface area (Å²) in [5.74, 6) is 1.37. The molecule has 1 N–H and O–H groups in total. The number of non-ortho nitro benzene ring substituents is 1. The molecule has 9 nitrogen and oxygen atoms in total. The Morgan fingerprint density at radius 3 is 2.70 bits per heavy atom. The molecule has 1 fully saturated rings. The number of rotatable bonds is 5. The SMILES string of the molecule is Cc1cc(NC2CCN(C(=O)c3ccco3)CC2)nc(-c2cccc([N+](=O)[O-])c2)n1. The highest BCUT2D eigenvalue weighted by Crippen LogP contribution is 2.24. The van der Waals surface area contributed by atoms with Crippen LogP contribution in [0.1, 0.15) is 29.1 Å². The minimum Gasteiger partial charge on any atom is -0.459 e. The molecule has 30 heavy (non-hydrogen) atoms. The first-order valence-electron chi connectivity index (χ1n) is 9.69. The van der Waals surface area contributed by atoms with Crippen molar-refractivity contribution in [1.82, 2.24) is 14.9 Å². The number of anilines is 1. The number of piperidine rings is 1. The fourth-order valence-corrected chi connectivity index (χ4v) is 3.52. The van der Waals surface area contributed by atoms with E-state index in [-0.39, 0.29) is 17.6 Å². The molecule has 4 rings (SSSR count). The Kier molecular flexibility index (Phi) is 5.42. The minimum atomic E-state index is -0.434. The highest BCUT2D eigenvalue weighted by Gasteiger charge is 2.25. The molecule has 154 valence electrons. The Balaban J connectivity index is 1.44. The van der Waals surface area contributed by atoms with Crippen LogP contribution in [0.5, 0.6) is 0 Å². The Morgan fingerprint density at radius 2 is 2.00 bits per heavy atom. The molecule has 9 heteroatoms. The number of carbonyl (C=O) groups is 1. The van der Waals surface area contributed by atoms with Crippen molar-refractivity contribution >= 4 is 17.4 Å². The summed E-state index contributed by atoms with van der Waals surface area (Å²) in [5.41, 5.74) is 1.36. The second-order valence-electron chi connectivity index (χ2n) is 7.21. The molecule has 0 aliphatic carbocycles.